The second kappa shape index (κ2) is 7.31. The van der Waals surface area contributed by atoms with E-state index in [-0.39, 0.29) is 0 Å². The molecule has 2 fully saturated rings. The normalized spacial score (nSPS) is 24.1. The van der Waals surface area contributed by atoms with Crippen LogP contribution in [-0.4, -0.2) is 36.1 Å². The Morgan fingerprint density at radius 2 is 1.84 bits per heavy atom. The molecule has 0 spiro atoms. The van der Waals surface area contributed by atoms with Gasteiger partial charge in [0.05, 0.1) is 0 Å². The first-order valence-electron chi connectivity index (χ1n) is 8.21. The van der Waals surface area contributed by atoms with Crippen LogP contribution in [0, 0.1) is 11.8 Å². The Kier molecular flexibility index (Phi) is 5.73. The summed E-state index contributed by atoms with van der Waals surface area (Å²) in [4.78, 5) is 2.81. The molecular formula is C17H30N2. The molecule has 108 valence electrons. The molecule has 0 amide bonds. The van der Waals surface area contributed by atoms with Crippen LogP contribution in [0.5, 0.6) is 0 Å². The van der Waals surface area contributed by atoms with E-state index >= 15 is 0 Å². The standard InChI is InChI=1S/C17H30N2/c1-3-5-6-11-16(18-4-2)17(12-7-8-13-17)19-14-9-10-15-19/h16,18H,4,6-15H2,1-2H3. The summed E-state index contributed by atoms with van der Waals surface area (Å²) in [6.07, 6.45) is 10.7. The Balaban J connectivity index is 2.09. The monoisotopic (exact) mass is 262 g/mol. The van der Waals surface area contributed by atoms with E-state index < -0.39 is 0 Å². The molecule has 2 nitrogen and oxygen atoms in total. The Morgan fingerprint density at radius 3 is 2.42 bits per heavy atom. The van der Waals surface area contributed by atoms with Crippen molar-refractivity contribution >= 4 is 0 Å². The zero-order valence-electron chi connectivity index (χ0n) is 12.8. The molecule has 0 aromatic rings. The molecule has 1 aliphatic carbocycles. The van der Waals surface area contributed by atoms with E-state index in [0.717, 1.165) is 13.0 Å². The van der Waals surface area contributed by atoms with Crippen LogP contribution in [0.25, 0.3) is 0 Å². The maximum absolute atomic E-state index is 3.79. The maximum Gasteiger partial charge on any atom is 0.0362 e. The average molecular weight is 262 g/mol. The predicted molar refractivity (Wildman–Crippen MR) is 82.2 cm³/mol. The van der Waals surface area contributed by atoms with Crippen molar-refractivity contribution in [3.8, 4) is 11.8 Å². The summed E-state index contributed by atoms with van der Waals surface area (Å²) in [5, 5.41) is 3.79. The third-order valence-corrected chi connectivity index (χ3v) is 5.04. The second-order valence-corrected chi connectivity index (χ2v) is 6.08. The molecule has 1 N–H and O–H groups in total. The molecule has 19 heavy (non-hydrogen) atoms. The summed E-state index contributed by atoms with van der Waals surface area (Å²) in [6, 6.07) is 0.638. The van der Waals surface area contributed by atoms with E-state index in [1.54, 1.807) is 0 Å². The van der Waals surface area contributed by atoms with Crippen LogP contribution in [0.15, 0.2) is 0 Å². The number of nitrogens with zero attached hydrogens (tertiary/aromatic N) is 1. The third-order valence-electron chi connectivity index (χ3n) is 5.04. The van der Waals surface area contributed by atoms with Crippen molar-refractivity contribution in [3.05, 3.63) is 0 Å². The lowest BCUT2D eigenvalue weighted by atomic mass is 9.83. The molecular weight excluding hydrogens is 232 g/mol. The Hall–Kier alpha value is -0.520. The largest absolute Gasteiger partial charge is 0.312 e. The highest BCUT2D eigenvalue weighted by atomic mass is 15.2. The third kappa shape index (κ3) is 3.33. The van der Waals surface area contributed by atoms with Crippen molar-refractivity contribution < 1.29 is 0 Å². The minimum absolute atomic E-state index is 0.446. The van der Waals surface area contributed by atoms with Gasteiger partial charge >= 0.3 is 0 Å². The molecule has 2 aliphatic rings. The number of hydrogen-bond acceptors (Lipinski definition) is 2. The first-order chi connectivity index (χ1) is 9.33. The molecule has 0 aromatic heterocycles. The summed E-state index contributed by atoms with van der Waals surface area (Å²) in [5.74, 6) is 6.31. The highest BCUT2D eigenvalue weighted by Crippen LogP contribution is 2.41. The van der Waals surface area contributed by atoms with Crippen LogP contribution in [0.4, 0.5) is 0 Å². The Bertz CT molecular complexity index is 314. The molecule has 2 rings (SSSR count). The van der Waals surface area contributed by atoms with Crippen LogP contribution in [-0.2, 0) is 0 Å². The number of nitrogens with one attached hydrogen (secondary N) is 1. The zero-order chi connectivity index (χ0) is 13.6. The predicted octanol–water partition coefficient (Wildman–Crippen LogP) is 3.18. The lowest BCUT2D eigenvalue weighted by molar-refractivity contribution is 0.0742. The lowest BCUT2D eigenvalue weighted by Gasteiger charge is -2.45. The summed E-state index contributed by atoms with van der Waals surface area (Å²) in [5.41, 5.74) is 0.446. The smallest absolute Gasteiger partial charge is 0.0362 e. The number of hydrogen-bond donors (Lipinski definition) is 1. The van der Waals surface area contributed by atoms with E-state index in [4.69, 9.17) is 0 Å². The van der Waals surface area contributed by atoms with Crippen LogP contribution in [0.3, 0.4) is 0 Å². The summed E-state index contributed by atoms with van der Waals surface area (Å²) in [6.45, 7) is 7.92. The molecule has 0 bridgehead atoms. The number of rotatable bonds is 6. The van der Waals surface area contributed by atoms with Gasteiger partial charge in [-0.15, -0.1) is 11.8 Å². The molecule has 1 heterocycles. The van der Waals surface area contributed by atoms with Crippen molar-refractivity contribution in [2.75, 3.05) is 19.6 Å². The molecule has 1 aliphatic heterocycles. The van der Waals surface area contributed by atoms with Crippen molar-refractivity contribution in [3.63, 3.8) is 0 Å². The van der Waals surface area contributed by atoms with Gasteiger partial charge in [0.2, 0.25) is 0 Å². The molecule has 0 aromatic carbocycles. The highest BCUT2D eigenvalue weighted by Gasteiger charge is 2.45. The minimum Gasteiger partial charge on any atom is -0.312 e. The van der Waals surface area contributed by atoms with Gasteiger partial charge in [0, 0.05) is 18.0 Å². The van der Waals surface area contributed by atoms with Gasteiger partial charge in [-0.3, -0.25) is 4.90 Å². The Morgan fingerprint density at radius 1 is 1.16 bits per heavy atom. The fourth-order valence-corrected chi connectivity index (χ4v) is 4.18. The fraction of sp³-hybridized carbons (Fsp3) is 0.882. The van der Waals surface area contributed by atoms with Gasteiger partial charge in [0.25, 0.3) is 0 Å². The van der Waals surface area contributed by atoms with Gasteiger partial charge in [-0.25, -0.2) is 0 Å². The van der Waals surface area contributed by atoms with Crippen molar-refractivity contribution in [2.45, 2.75) is 76.8 Å². The Labute approximate surface area is 119 Å². The summed E-state index contributed by atoms with van der Waals surface area (Å²) in [7, 11) is 0. The summed E-state index contributed by atoms with van der Waals surface area (Å²) >= 11 is 0. The fourth-order valence-electron chi connectivity index (χ4n) is 4.18. The maximum atomic E-state index is 3.79. The van der Waals surface area contributed by atoms with Crippen molar-refractivity contribution in [1.82, 2.24) is 10.2 Å². The highest BCUT2D eigenvalue weighted by molar-refractivity contribution is 5.06. The van der Waals surface area contributed by atoms with Crippen LogP contribution in [0.2, 0.25) is 0 Å². The second-order valence-electron chi connectivity index (χ2n) is 6.08. The lowest BCUT2D eigenvalue weighted by Crippen LogP contribution is -2.59. The quantitative estimate of drug-likeness (QED) is 0.740. The van der Waals surface area contributed by atoms with Gasteiger partial charge in [0.1, 0.15) is 0 Å². The van der Waals surface area contributed by atoms with Gasteiger partial charge in [-0.1, -0.05) is 19.8 Å². The van der Waals surface area contributed by atoms with Gasteiger partial charge in [0.15, 0.2) is 0 Å². The number of likely N-dealkylation sites (N-methyl/N-ethyl adjacent to an activating group) is 1. The zero-order valence-corrected chi connectivity index (χ0v) is 12.8. The van der Waals surface area contributed by atoms with Gasteiger partial charge in [-0.05, 0) is 58.7 Å². The van der Waals surface area contributed by atoms with E-state index in [9.17, 15) is 0 Å². The van der Waals surface area contributed by atoms with E-state index in [1.165, 1.54) is 58.0 Å². The molecule has 2 heteroatoms. The summed E-state index contributed by atoms with van der Waals surface area (Å²) < 4.78 is 0. The first-order valence-corrected chi connectivity index (χ1v) is 8.21. The van der Waals surface area contributed by atoms with Gasteiger partial charge < -0.3 is 5.32 Å². The minimum atomic E-state index is 0.446. The average Bonchev–Trinajstić information content (AvgIpc) is 3.09. The SMILES string of the molecule is CC#CCCC(NCC)C1(N2CCCC2)CCCC1. The first kappa shape index (κ1) is 14.9. The van der Waals surface area contributed by atoms with Crippen molar-refractivity contribution in [2.24, 2.45) is 0 Å². The van der Waals surface area contributed by atoms with E-state index in [1.807, 2.05) is 6.92 Å². The van der Waals surface area contributed by atoms with Crippen molar-refractivity contribution in [1.29, 1.82) is 0 Å². The number of likely N-dealkylation sites (tertiary alicyclic amines) is 1. The molecule has 1 saturated heterocycles. The van der Waals surface area contributed by atoms with Crippen LogP contribution in [0.1, 0.15) is 65.2 Å². The molecule has 1 unspecified atom stereocenters. The molecule has 1 atom stereocenters. The van der Waals surface area contributed by atoms with E-state index in [2.05, 4.69) is 29.0 Å². The van der Waals surface area contributed by atoms with Crippen LogP contribution < -0.4 is 5.32 Å². The van der Waals surface area contributed by atoms with E-state index in [0.29, 0.717) is 11.6 Å². The van der Waals surface area contributed by atoms with Gasteiger partial charge in [-0.2, -0.15) is 0 Å². The molecule has 0 radical (unpaired) electrons. The van der Waals surface area contributed by atoms with Crippen LogP contribution >= 0.6 is 0 Å². The molecule has 1 saturated carbocycles. The topological polar surface area (TPSA) is 15.3 Å².